The predicted octanol–water partition coefficient (Wildman–Crippen LogP) is 3.98. The summed E-state index contributed by atoms with van der Waals surface area (Å²) >= 11 is 7.85. The lowest BCUT2D eigenvalue weighted by Gasteiger charge is -2.25. The van der Waals surface area contributed by atoms with E-state index >= 15 is 0 Å². The number of rotatable bonds is 6. The van der Waals surface area contributed by atoms with Crippen LogP contribution in [0.3, 0.4) is 0 Å². The van der Waals surface area contributed by atoms with Gasteiger partial charge in [0.25, 0.3) is 0 Å². The van der Waals surface area contributed by atoms with Gasteiger partial charge in [-0.1, -0.05) is 31.5 Å². The molecule has 2 rings (SSSR count). The first-order valence-corrected chi connectivity index (χ1v) is 8.43. The van der Waals surface area contributed by atoms with Crippen LogP contribution in [0.1, 0.15) is 20.3 Å². The highest BCUT2D eigenvalue weighted by Gasteiger charge is 2.27. The van der Waals surface area contributed by atoms with Gasteiger partial charge in [0, 0.05) is 18.2 Å². The topological polar surface area (TPSA) is 21.3 Å². The second-order valence-electron chi connectivity index (χ2n) is 5.34. The van der Waals surface area contributed by atoms with Crippen LogP contribution in [-0.4, -0.2) is 30.2 Å². The van der Waals surface area contributed by atoms with E-state index in [2.05, 4.69) is 19.2 Å². The summed E-state index contributed by atoms with van der Waals surface area (Å²) in [5.41, 5.74) is 0. The van der Waals surface area contributed by atoms with Crippen LogP contribution in [0.25, 0.3) is 0 Å². The normalized spacial score (nSPS) is 20.4. The summed E-state index contributed by atoms with van der Waals surface area (Å²) in [6, 6.07) is 4.72. The molecular weight excluding hydrogens is 297 g/mol. The van der Waals surface area contributed by atoms with Crippen LogP contribution >= 0.6 is 23.4 Å². The van der Waals surface area contributed by atoms with Gasteiger partial charge in [-0.25, -0.2) is 4.39 Å². The Hall–Kier alpha value is -0.450. The summed E-state index contributed by atoms with van der Waals surface area (Å²) in [6.45, 7) is 6.32. The molecule has 2 nitrogen and oxygen atoms in total. The van der Waals surface area contributed by atoms with Gasteiger partial charge >= 0.3 is 0 Å². The zero-order chi connectivity index (χ0) is 14.5. The number of hydrogen-bond acceptors (Lipinski definition) is 3. The monoisotopic (exact) mass is 317 g/mol. The molecule has 112 valence electrons. The molecule has 20 heavy (non-hydrogen) atoms. The maximum atomic E-state index is 13.5. The molecule has 5 heteroatoms. The van der Waals surface area contributed by atoms with E-state index < -0.39 is 5.82 Å². The smallest absolute Gasteiger partial charge is 0.145 e. The number of ether oxygens (including phenoxy) is 1. The van der Waals surface area contributed by atoms with Gasteiger partial charge in [0.2, 0.25) is 0 Å². The first-order chi connectivity index (χ1) is 9.58. The summed E-state index contributed by atoms with van der Waals surface area (Å²) in [7, 11) is 0. The van der Waals surface area contributed by atoms with Crippen molar-refractivity contribution in [1.29, 1.82) is 0 Å². The van der Waals surface area contributed by atoms with Crippen LogP contribution < -0.4 is 10.1 Å². The number of hydrogen-bond donors (Lipinski definition) is 1. The van der Waals surface area contributed by atoms with E-state index in [-0.39, 0.29) is 11.1 Å². The molecule has 2 atom stereocenters. The molecule has 1 aliphatic heterocycles. The minimum Gasteiger partial charge on any atom is -0.488 e. The summed E-state index contributed by atoms with van der Waals surface area (Å²) in [5.74, 6) is 1.38. The van der Waals surface area contributed by atoms with Crippen molar-refractivity contribution in [1.82, 2.24) is 5.32 Å². The SMILES string of the molecule is CC(C)SC[C@H](Oc1cccc(F)c1Cl)C1CCNC1. The maximum absolute atomic E-state index is 13.5. The molecule has 0 spiro atoms. The number of benzene rings is 1. The molecular formula is C15H21ClFNOS. The first-order valence-electron chi connectivity index (χ1n) is 7.01. The quantitative estimate of drug-likeness (QED) is 0.857. The largest absolute Gasteiger partial charge is 0.488 e. The summed E-state index contributed by atoms with van der Waals surface area (Å²) in [5, 5.41) is 3.99. The van der Waals surface area contributed by atoms with Crippen molar-refractivity contribution in [3.05, 3.63) is 29.0 Å². The van der Waals surface area contributed by atoms with Crippen LogP contribution in [0.5, 0.6) is 5.75 Å². The van der Waals surface area contributed by atoms with E-state index in [9.17, 15) is 4.39 Å². The Labute approximate surface area is 129 Å². The lowest BCUT2D eigenvalue weighted by atomic mass is 10.0. The summed E-state index contributed by atoms with van der Waals surface area (Å²) in [6.07, 6.45) is 1.16. The fourth-order valence-corrected chi connectivity index (χ4v) is 3.37. The average Bonchev–Trinajstić information content (AvgIpc) is 2.93. The van der Waals surface area contributed by atoms with Crippen LogP contribution in [0.4, 0.5) is 4.39 Å². The van der Waals surface area contributed by atoms with Crippen molar-refractivity contribution in [2.75, 3.05) is 18.8 Å². The molecule has 0 aromatic heterocycles. The minimum atomic E-state index is -0.427. The third-order valence-electron chi connectivity index (χ3n) is 3.41. The Morgan fingerprint density at radius 2 is 2.30 bits per heavy atom. The molecule has 0 aliphatic carbocycles. The second-order valence-corrected chi connectivity index (χ2v) is 7.33. The van der Waals surface area contributed by atoms with E-state index in [1.54, 1.807) is 12.1 Å². The van der Waals surface area contributed by atoms with Gasteiger partial charge in [0.15, 0.2) is 0 Å². The number of halogens is 2. The highest BCUT2D eigenvalue weighted by Crippen LogP contribution is 2.31. The van der Waals surface area contributed by atoms with Crippen LogP contribution in [0, 0.1) is 11.7 Å². The molecule has 0 bridgehead atoms. The zero-order valence-corrected chi connectivity index (χ0v) is 13.4. The van der Waals surface area contributed by atoms with Gasteiger partial charge in [-0.15, -0.1) is 0 Å². The predicted molar refractivity (Wildman–Crippen MR) is 84.4 cm³/mol. The van der Waals surface area contributed by atoms with Crippen LogP contribution in [-0.2, 0) is 0 Å². The molecule has 1 aromatic carbocycles. The Morgan fingerprint density at radius 1 is 1.50 bits per heavy atom. The van der Waals surface area contributed by atoms with Gasteiger partial charge in [-0.2, -0.15) is 11.8 Å². The van der Waals surface area contributed by atoms with E-state index in [4.69, 9.17) is 16.3 Å². The van der Waals surface area contributed by atoms with Gasteiger partial charge in [0.05, 0.1) is 0 Å². The van der Waals surface area contributed by atoms with E-state index in [1.165, 1.54) is 6.07 Å². The van der Waals surface area contributed by atoms with Crippen molar-refractivity contribution in [2.45, 2.75) is 31.6 Å². The maximum Gasteiger partial charge on any atom is 0.145 e. The lowest BCUT2D eigenvalue weighted by Crippen LogP contribution is -2.31. The Balaban J connectivity index is 2.07. The summed E-state index contributed by atoms with van der Waals surface area (Å²) < 4.78 is 19.5. The first kappa shape index (κ1) is 15.9. The van der Waals surface area contributed by atoms with Crippen molar-refractivity contribution < 1.29 is 9.13 Å². The van der Waals surface area contributed by atoms with E-state index in [1.807, 2.05) is 11.8 Å². The second kappa shape index (κ2) is 7.53. The van der Waals surface area contributed by atoms with Crippen LogP contribution in [0.2, 0.25) is 5.02 Å². The van der Waals surface area contributed by atoms with Gasteiger partial charge in [-0.05, 0) is 30.3 Å². The molecule has 1 unspecified atom stereocenters. The zero-order valence-electron chi connectivity index (χ0n) is 11.9. The van der Waals surface area contributed by atoms with Crippen LogP contribution in [0.15, 0.2) is 18.2 Å². The Bertz CT molecular complexity index is 438. The summed E-state index contributed by atoms with van der Waals surface area (Å²) in [4.78, 5) is 0. The van der Waals surface area contributed by atoms with E-state index in [0.717, 1.165) is 25.3 Å². The van der Waals surface area contributed by atoms with Crippen molar-refractivity contribution in [2.24, 2.45) is 5.92 Å². The number of thioether (sulfide) groups is 1. The molecule has 1 N–H and O–H groups in total. The van der Waals surface area contributed by atoms with E-state index in [0.29, 0.717) is 16.9 Å². The highest BCUT2D eigenvalue weighted by molar-refractivity contribution is 7.99. The third-order valence-corrected chi connectivity index (χ3v) is 4.97. The van der Waals surface area contributed by atoms with Crippen molar-refractivity contribution in [3.8, 4) is 5.75 Å². The third kappa shape index (κ3) is 4.27. The minimum absolute atomic E-state index is 0.0664. The molecule has 1 heterocycles. The molecule has 1 aromatic rings. The van der Waals surface area contributed by atoms with Gasteiger partial charge < -0.3 is 10.1 Å². The lowest BCUT2D eigenvalue weighted by molar-refractivity contribution is 0.165. The van der Waals surface area contributed by atoms with Crippen molar-refractivity contribution >= 4 is 23.4 Å². The Morgan fingerprint density at radius 3 is 2.95 bits per heavy atom. The number of nitrogens with one attached hydrogen (secondary N) is 1. The average molecular weight is 318 g/mol. The van der Waals surface area contributed by atoms with Gasteiger partial charge in [0.1, 0.15) is 22.7 Å². The van der Waals surface area contributed by atoms with Crippen molar-refractivity contribution in [3.63, 3.8) is 0 Å². The molecule has 0 radical (unpaired) electrons. The highest BCUT2D eigenvalue weighted by atomic mass is 35.5. The fraction of sp³-hybridized carbons (Fsp3) is 0.600. The molecule has 1 fully saturated rings. The standard InChI is InChI=1S/C15H21ClFNOS/c1-10(2)20-9-14(11-6-7-18-8-11)19-13-5-3-4-12(17)15(13)16/h3-5,10-11,14,18H,6-9H2,1-2H3/t11?,14-/m0/s1. The van der Waals surface area contributed by atoms with Gasteiger partial charge in [-0.3, -0.25) is 0 Å². The molecule has 1 aliphatic rings. The Kier molecular flexibility index (Phi) is 6.00. The molecule has 0 saturated carbocycles. The fourth-order valence-electron chi connectivity index (χ4n) is 2.29. The molecule has 1 saturated heterocycles. The molecule has 0 amide bonds.